The first-order valence-corrected chi connectivity index (χ1v) is 9.82. The van der Waals surface area contributed by atoms with E-state index in [2.05, 4.69) is 16.9 Å². The number of H-pyrrole nitrogens is 1. The number of nitrogens with one attached hydrogen (secondary N) is 1. The van der Waals surface area contributed by atoms with Crippen LogP contribution in [0.5, 0.6) is 5.75 Å². The fraction of sp³-hybridized carbons (Fsp3) is 0.550. The molecule has 0 radical (unpaired) electrons. The number of fused-ring (bicyclic) bond motifs is 1. The molecule has 1 aromatic heterocycles. The Morgan fingerprint density at radius 1 is 1.54 bits per heavy atom. The topological polar surface area (TPSA) is 98.8 Å². The van der Waals surface area contributed by atoms with Crippen molar-refractivity contribution in [2.24, 2.45) is 5.92 Å². The Hall–Kier alpha value is -2.61. The Bertz CT molecular complexity index is 822. The zero-order valence-electron chi connectivity index (χ0n) is 16.4. The molecule has 2 unspecified atom stereocenters. The van der Waals surface area contributed by atoms with E-state index in [-0.39, 0.29) is 18.5 Å². The van der Waals surface area contributed by atoms with E-state index in [4.69, 9.17) is 4.74 Å². The minimum atomic E-state index is -0.416. The number of aromatic nitrogens is 2. The third-order valence-electron chi connectivity index (χ3n) is 5.34. The number of methoxy groups -OCH3 is 1. The Balaban J connectivity index is 1.82. The van der Waals surface area contributed by atoms with Crippen molar-refractivity contribution in [1.29, 1.82) is 0 Å². The largest absolute Gasteiger partial charge is 0.497 e. The Morgan fingerprint density at radius 3 is 3.07 bits per heavy atom. The average molecular weight is 388 g/mol. The maximum atomic E-state index is 13.2. The number of unbranched alkanes of at least 4 members (excludes halogenated alkanes) is 1. The molecule has 152 valence electrons. The lowest BCUT2D eigenvalue weighted by Crippen LogP contribution is -2.40. The predicted molar refractivity (Wildman–Crippen MR) is 104 cm³/mol. The van der Waals surface area contributed by atoms with E-state index in [0.29, 0.717) is 24.4 Å². The van der Waals surface area contributed by atoms with Gasteiger partial charge in [-0.15, -0.1) is 0 Å². The highest BCUT2D eigenvalue weighted by Crippen LogP contribution is 2.34. The molecule has 0 saturated carbocycles. The number of hydroxylamine groups is 2. The van der Waals surface area contributed by atoms with Crippen LogP contribution in [-0.2, 0) is 9.59 Å². The lowest BCUT2D eigenvalue weighted by Gasteiger charge is -2.29. The molecule has 1 fully saturated rings. The van der Waals surface area contributed by atoms with Crippen LogP contribution < -0.4 is 4.74 Å². The van der Waals surface area contributed by atoms with E-state index in [0.717, 1.165) is 48.3 Å². The molecule has 2 aromatic rings. The van der Waals surface area contributed by atoms with Gasteiger partial charge in [0.05, 0.1) is 36.6 Å². The number of ether oxygens (including phenoxy) is 1. The average Bonchev–Trinajstić information content (AvgIpc) is 3.36. The molecule has 1 aliphatic rings. The number of rotatable bonds is 9. The summed E-state index contributed by atoms with van der Waals surface area (Å²) in [5.41, 5.74) is 1.71. The maximum Gasteiger partial charge on any atom is 0.233 e. The van der Waals surface area contributed by atoms with Gasteiger partial charge in [-0.2, -0.15) is 0 Å². The van der Waals surface area contributed by atoms with E-state index in [9.17, 15) is 14.8 Å². The third-order valence-corrected chi connectivity index (χ3v) is 5.34. The monoisotopic (exact) mass is 388 g/mol. The number of carbonyl (C=O) groups excluding carboxylic acids is 2. The van der Waals surface area contributed by atoms with Crippen molar-refractivity contribution in [2.45, 2.75) is 45.1 Å². The maximum absolute atomic E-state index is 13.2. The second-order valence-corrected chi connectivity index (χ2v) is 7.26. The summed E-state index contributed by atoms with van der Waals surface area (Å²) in [6.07, 6.45) is 4.53. The van der Waals surface area contributed by atoms with Crippen molar-refractivity contribution in [3.63, 3.8) is 0 Å². The highest BCUT2D eigenvalue weighted by Gasteiger charge is 2.36. The fourth-order valence-electron chi connectivity index (χ4n) is 3.85. The summed E-state index contributed by atoms with van der Waals surface area (Å²) in [5, 5.41) is 10.2. The van der Waals surface area contributed by atoms with Gasteiger partial charge in [-0.05, 0) is 31.4 Å². The molecule has 0 aliphatic carbocycles. The van der Waals surface area contributed by atoms with E-state index >= 15 is 0 Å². The number of carbonyl (C=O) groups is 2. The quantitative estimate of drug-likeness (QED) is 0.391. The minimum Gasteiger partial charge on any atom is -0.497 e. The molecule has 1 aromatic carbocycles. The Morgan fingerprint density at radius 2 is 2.36 bits per heavy atom. The number of hydrogen-bond donors (Lipinski definition) is 2. The summed E-state index contributed by atoms with van der Waals surface area (Å²) in [7, 11) is 1.62. The van der Waals surface area contributed by atoms with Crippen molar-refractivity contribution < 1.29 is 19.5 Å². The van der Waals surface area contributed by atoms with Gasteiger partial charge >= 0.3 is 0 Å². The standard InChI is InChI=1S/C20H28N4O4/c1-3-4-6-14(12-23(27)13-25)20(26)24-10-5-7-18(24)19-21-16-9-8-15(28-2)11-17(16)22-19/h8-9,11,13-14,18,27H,3-7,10,12H2,1-2H3,(H,21,22). The molecule has 2 heterocycles. The van der Waals surface area contributed by atoms with E-state index in [1.807, 2.05) is 23.1 Å². The van der Waals surface area contributed by atoms with Crippen LogP contribution >= 0.6 is 0 Å². The molecule has 0 bridgehead atoms. The van der Waals surface area contributed by atoms with Crippen molar-refractivity contribution in [3.8, 4) is 5.75 Å². The van der Waals surface area contributed by atoms with Gasteiger partial charge in [0.2, 0.25) is 12.3 Å². The SMILES string of the molecule is CCCCC(CN(O)C=O)C(=O)N1CCCC1c1nc2ccc(OC)cc2[nH]1. The summed E-state index contributed by atoms with van der Waals surface area (Å²) in [6, 6.07) is 5.52. The van der Waals surface area contributed by atoms with Crippen LogP contribution in [0.3, 0.4) is 0 Å². The normalized spacial score (nSPS) is 17.7. The number of benzene rings is 1. The smallest absolute Gasteiger partial charge is 0.233 e. The van der Waals surface area contributed by atoms with Crippen LogP contribution in [0, 0.1) is 5.92 Å². The number of nitrogens with zero attached hydrogens (tertiary/aromatic N) is 3. The molecule has 1 saturated heterocycles. The molecule has 1 aliphatic heterocycles. The van der Waals surface area contributed by atoms with Crippen LogP contribution in [0.2, 0.25) is 0 Å². The van der Waals surface area contributed by atoms with Crippen LogP contribution in [0.25, 0.3) is 11.0 Å². The molecular formula is C20H28N4O4. The molecule has 2 N–H and O–H groups in total. The number of likely N-dealkylation sites (tertiary alicyclic amines) is 1. The summed E-state index contributed by atoms with van der Waals surface area (Å²) in [4.78, 5) is 33.9. The molecular weight excluding hydrogens is 360 g/mol. The molecule has 8 heteroatoms. The molecule has 8 nitrogen and oxygen atoms in total. The Labute approximate surface area is 164 Å². The van der Waals surface area contributed by atoms with Gasteiger partial charge in [0.15, 0.2) is 0 Å². The van der Waals surface area contributed by atoms with Gasteiger partial charge in [0, 0.05) is 12.6 Å². The zero-order valence-corrected chi connectivity index (χ0v) is 16.4. The van der Waals surface area contributed by atoms with Crippen LogP contribution in [0.4, 0.5) is 0 Å². The number of aromatic amines is 1. The first kappa shape index (κ1) is 20.1. The summed E-state index contributed by atoms with van der Waals surface area (Å²) in [6.45, 7) is 2.72. The van der Waals surface area contributed by atoms with Crippen LogP contribution in [-0.4, -0.2) is 57.7 Å². The molecule has 0 spiro atoms. The van der Waals surface area contributed by atoms with E-state index in [1.54, 1.807) is 7.11 Å². The first-order chi connectivity index (χ1) is 13.6. The molecule has 3 rings (SSSR count). The van der Waals surface area contributed by atoms with Gasteiger partial charge in [-0.25, -0.2) is 10.0 Å². The van der Waals surface area contributed by atoms with Crippen molar-refractivity contribution in [3.05, 3.63) is 24.0 Å². The zero-order chi connectivity index (χ0) is 20.1. The fourth-order valence-corrected chi connectivity index (χ4v) is 3.85. The van der Waals surface area contributed by atoms with Gasteiger partial charge in [-0.1, -0.05) is 19.8 Å². The van der Waals surface area contributed by atoms with Gasteiger partial charge in [0.1, 0.15) is 11.6 Å². The predicted octanol–water partition coefficient (Wildman–Crippen LogP) is 2.89. The summed E-state index contributed by atoms with van der Waals surface area (Å²) in [5.74, 6) is 1.06. The lowest BCUT2D eigenvalue weighted by molar-refractivity contribution is -0.157. The second-order valence-electron chi connectivity index (χ2n) is 7.26. The van der Waals surface area contributed by atoms with Gasteiger partial charge in [-0.3, -0.25) is 14.8 Å². The minimum absolute atomic E-state index is 0.0167. The first-order valence-electron chi connectivity index (χ1n) is 9.82. The van der Waals surface area contributed by atoms with Gasteiger partial charge < -0.3 is 14.6 Å². The lowest BCUT2D eigenvalue weighted by atomic mass is 9.99. The van der Waals surface area contributed by atoms with Crippen molar-refractivity contribution in [1.82, 2.24) is 19.9 Å². The van der Waals surface area contributed by atoms with E-state index in [1.165, 1.54) is 0 Å². The Kier molecular flexibility index (Phi) is 6.51. The summed E-state index contributed by atoms with van der Waals surface area (Å²) < 4.78 is 5.26. The number of hydrogen-bond acceptors (Lipinski definition) is 5. The van der Waals surface area contributed by atoms with Crippen LogP contribution in [0.15, 0.2) is 18.2 Å². The second kappa shape index (κ2) is 9.05. The highest BCUT2D eigenvalue weighted by molar-refractivity contribution is 5.81. The third kappa shape index (κ3) is 4.27. The van der Waals surface area contributed by atoms with E-state index < -0.39 is 5.92 Å². The number of amides is 2. The molecule has 28 heavy (non-hydrogen) atoms. The summed E-state index contributed by atoms with van der Waals surface area (Å²) >= 11 is 0. The van der Waals surface area contributed by atoms with Crippen LogP contribution in [0.1, 0.15) is 50.9 Å². The highest BCUT2D eigenvalue weighted by atomic mass is 16.5. The number of imidazole rings is 1. The van der Waals surface area contributed by atoms with Crippen molar-refractivity contribution >= 4 is 23.4 Å². The molecule has 2 amide bonds. The van der Waals surface area contributed by atoms with Gasteiger partial charge in [0.25, 0.3) is 0 Å². The molecule has 2 atom stereocenters. The van der Waals surface area contributed by atoms with Crippen molar-refractivity contribution in [2.75, 3.05) is 20.2 Å².